The molecule has 26 heavy (non-hydrogen) atoms. The molecule has 0 fully saturated rings. The minimum Gasteiger partial charge on any atom is -0.359 e. The first kappa shape index (κ1) is 16.9. The summed E-state index contributed by atoms with van der Waals surface area (Å²) in [5, 5.41) is 4.38. The molecule has 0 saturated heterocycles. The van der Waals surface area contributed by atoms with Gasteiger partial charge in [-0.25, -0.2) is 0 Å². The molecule has 6 heteroatoms. The lowest BCUT2D eigenvalue weighted by molar-refractivity contribution is 0.0993. The minimum atomic E-state index is -0.458. The molecule has 1 unspecified atom stereocenters. The van der Waals surface area contributed by atoms with Crippen LogP contribution in [0, 0.1) is 6.92 Å². The first-order chi connectivity index (χ1) is 12.5. The number of aromatic nitrogens is 1. The average Bonchev–Trinajstić information content (AvgIpc) is 2.91. The Balaban J connectivity index is 1.79. The van der Waals surface area contributed by atoms with E-state index in [1.54, 1.807) is 41.4 Å². The van der Waals surface area contributed by atoms with E-state index in [9.17, 15) is 4.79 Å². The normalized spacial score (nSPS) is 15.9. The van der Waals surface area contributed by atoms with Gasteiger partial charge in [0.05, 0.1) is 22.0 Å². The van der Waals surface area contributed by atoms with Gasteiger partial charge in [-0.2, -0.15) is 0 Å². The third kappa shape index (κ3) is 2.91. The van der Waals surface area contributed by atoms with E-state index in [1.807, 2.05) is 31.2 Å². The highest BCUT2D eigenvalue weighted by molar-refractivity contribution is 6.36. The lowest BCUT2D eigenvalue weighted by Crippen LogP contribution is -2.32. The molecule has 0 spiro atoms. The molecule has 0 radical (unpaired) electrons. The second-order valence-electron chi connectivity index (χ2n) is 6.12. The number of pyridine rings is 1. The van der Waals surface area contributed by atoms with Crippen LogP contribution in [0.25, 0.3) is 0 Å². The van der Waals surface area contributed by atoms with Crippen LogP contribution in [0.15, 0.2) is 60.8 Å². The summed E-state index contributed by atoms with van der Waals surface area (Å²) in [4.78, 5) is 19.1. The number of anilines is 2. The Bertz CT molecular complexity index is 989. The molecular weight excluding hydrogens is 369 g/mol. The Morgan fingerprint density at radius 3 is 2.58 bits per heavy atom. The van der Waals surface area contributed by atoms with Gasteiger partial charge in [0.1, 0.15) is 0 Å². The molecule has 1 aliphatic heterocycles. The Hall–Kier alpha value is -2.56. The number of hydrogen-bond acceptors (Lipinski definition) is 3. The van der Waals surface area contributed by atoms with Crippen molar-refractivity contribution in [3.8, 4) is 0 Å². The van der Waals surface area contributed by atoms with Crippen molar-refractivity contribution in [3.63, 3.8) is 0 Å². The Morgan fingerprint density at radius 2 is 1.85 bits per heavy atom. The van der Waals surface area contributed by atoms with Crippen molar-refractivity contribution in [2.24, 2.45) is 0 Å². The zero-order valence-corrected chi connectivity index (χ0v) is 15.4. The van der Waals surface area contributed by atoms with Crippen LogP contribution in [-0.2, 0) is 0 Å². The SMILES string of the molecule is Cc1ccc(N2C(=O)c3cccnc3C2Nc2ccc(Cl)cc2Cl)cc1. The molecule has 0 saturated carbocycles. The fourth-order valence-corrected chi connectivity index (χ4v) is 3.51. The standard InChI is InChI=1S/C20H15Cl2N3O/c1-12-4-7-14(8-5-12)25-19(18-15(20(25)26)3-2-10-23-18)24-17-9-6-13(21)11-16(17)22/h2-11,19,24H,1H3. The van der Waals surface area contributed by atoms with Crippen LogP contribution in [0.1, 0.15) is 27.8 Å². The summed E-state index contributed by atoms with van der Waals surface area (Å²) in [6, 6.07) is 16.6. The van der Waals surface area contributed by atoms with Gasteiger partial charge in [0.2, 0.25) is 0 Å². The van der Waals surface area contributed by atoms with Gasteiger partial charge >= 0.3 is 0 Å². The largest absolute Gasteiger partial charge is 0.359 e. The smallest absolute Gasteiger partial charge is 0.262 e. The molecule has 4 rings (SSSR count). The monoisotopic (exact) mass is 383 g/mol. The van der Waals surface area contributed by atoms with E-state index in [-0.39, 0.29) is 5.91 Å². The van der Waals surface area contributed by atoms with E-state index in [2.05, 4.69) is 10.3 Å². The van der Waals surface area contributed by atoms with E-state index >= 15 is 0 Å². The van der Waals surface area contributed by atoms with E-state index in [4.69, 9.17) is 23.2 Å². The van der Waals surface area contributed by atoms with Crippen molar-refractivity contribution in [1.82, 2.24) is 4.98 Å². The van der Waals surface area contributed by atoms with Gasteiger partial charge in [-0.3, -0.25) is 14.7 Å². The number of halogens is 2. The zero-order valence-electron chi connectivity index (χ0n) is 13.9. The fraction of sp³-hybridized carbons (Fsp3) is 0.100. The highest BCUT2D eigenvalue weighted by atomic mass is 35.5. The summed E-state index contributed by atoms with van der Waals surface area (Å²) >= 11 is 12.3. The number of rotatable bonds is 3. The number of nitrogens with one attached hydrogen (secondary N) is 1. The number of hydrogen-bond donors (Lipinski definition) is 1. The van der Waals surface area contributed by atoms with Gasteiger partial charge in [-0.15, -0.1) is 0 Å². The van der Waals surface area contributed by atoms with Crippen molar-refractivity contribution in [2.45, 2.75) is 13.1 Å². The van der Waals surface area contributed by atoms with Gasteiger partial charge < -0.3 is 5.32 Å². The molecule has 4 nitrogen and oxygen atoms in total. The molecule has 1 aromatic heterocycles. The summed E-state index contributed by atoms with van der Waals surface area (Å²) in [6.45, 7) is 2.01. The van der Waals surface area contributed by atoms with Crippen molar-refractivity contribution >= 4 is 40.5 Å². The number of nitrogens with zero attached hydrogens (tertiary/aromatic N) is 2. The van der Waals surface area contributed by atoms with Gasteiger partial charge in [0.15, 0.2) is 6.17 Å². The maximum Gasteiger partial charge on any atom is 0.262 e. The highest BCUT2D eigenvalue weighted by Crippen LogP contribution is 2.38. The van der Waals surface area contributed by atoms with Crippen molar-refractivity contribution in [1.29, 1.82) is 0 Å². The molecule has 1 N–H and O–H groups in total. The molecular formula is C20H15Cl2N3O. The molecule has 1 amide bonds. The lowest BCUT2D eigenvalue weighted by atomic mass is 10.2. The molecule has 3 aromatic rings. The minimum absolute atomic E-state index is 0.0976. The van der Waals surface area contributed by atoms with Crippen molar-refractivity contribution < 1.29 is 4.79 Å². The third-order valence-corrected chi connectivity index (χ3v) is 4.89. The predicted molar refractivity (Wildman–Crippen MR) is 105 cm³/mol. The van der Waals surface area contributed by atoms with Crippen LogP contribution in [-0.4, -0.2) is 10.9 Å². The fourth-order valence-electron chi connectivity index (χ4n) is 3.04. The molecule has 0 bridgehead atoms. The Labute approximate surface area is 161 Å². The molecule has 130 valence electrons. The number of amides is 1. The van der Waals surface area contributed by atoms with Crippen LogP contribution in [0.3, 0.4) is 0 Å². The number of fused-ring (bicyclic) bond motifs is 1. The first-order valence-corrected chi connectivity index (χ1v) is 8.87. The molecule has 2 aromatic carbocycles. The number of carbonyl (C=O) groups is 1. The topological polar surface area (TPSA) is 45.2 Å². The highest BCUT2D eigenvalue weighted by Gasteiger charge is 2.39. The van der Waals surface area contributed by atoms with Crippen molar-refractivity contribution in [3.05, 3.63) is 87.7 Å². The summed E-state index contributed by atoms with van der Waals surface area (Å²) in [6.07, 6.45) is 1.23. The van der Waals surface area contributed by atoms with E-state index in [0.717, 1.165) is 11.3 Å². The van der Waals surface area contributed by atoms with Gasteiger partial charge in [0, 0.05) is 16.9 Å². The van der Waals surface area contributed by atoms with Crippen LogP contribution >= 0.6 is 23.2 Å². The quantitative estimate of drug-likeness (QED) is 0.652. The summed E-state index contributed by atoms with van der Waals surface area (Å²) in [7, 11) is 0. The van der Waals surface area contributed by atoms with Crippen LogP contribution in [0.4, 0.5) is 11.4 Å². The number of aryl methyl sites for hydroxylation is 1. The van der Waals surface area contributed by atoms with E-state index < -0.39 is 6.17 Å². The van der Waals surface area contributed by atoms with Crippen LogP contribution in [0.2, 0.25) is 10.0 Å². The average molecular weight is 384 g/mol. The Morgan fingerprint density at radius 1 is 1.08 bits per heavy atom. The Kier molecular flexibility index (Phi) is 4.31. The molecule has 2 heterocycles. The second kappa shape index (κ2) is 6.63. The van der Waals surface area contributed by atoms with E-state index in [0.29, 0.717) is 27.0 Å². The molecule has 1 aliphatic rings. The molecule has 1 atom stereocenters. The summed E-state index contributed by atoms with van der Waals surface area (Å²) < 4.78 is 0. The number of carbonyl (C=O) groups excluding carboxylic acids is 1. The van der Waals surface area contributed by atoms with E-state index in [1.165, 1.54) is 0 Å². The van der Waals surface area contributed by atoms with Crippen LogP contribution in [0.5, 0.6) is 0 Å². The third-order valence-electron chi connectivity index (χ3n) is 4.34. The number of benzene rings is 2. The maximum absolute atomic E-state index is 13.0. The van der Waals surface area contributed by atoms with Crippen LogP contribution < -0.4 is 10.2 Å². The summed E-state index contributed by atoms with van der Waals surface area (Å²) in [5.74, 6) is -0.0976. The molecule has 0 aliphatic carbocycles. The maximum atomic E-state index is 13.0. The predicted octanol–water partition coefficient (Wildman–Crippen LogP) is 5.47. The van der Waals surface area contributed by atoms with Gasteiger partial charge in [0.25, 0.3) is 5.91 Å². The second-order valence-corrected chi connectivity index (χ2v) is 6.96. The lowest BCUT2D eigenvalue weighted by Gasteiger charge is -2.27. The van der Waals surface area contributed by atoms with Gasteiger partial charge in [-0.1, -0.05) is 40.9 Å². The first-order valence-electron chi connectivity index (χ1n) is 8.11. The van der Waals surface area contributed by atoms with Crippen molar-refractivity contribution in [2.75, 3.05) is 10.2 Å². The zero-order chi connectivity index (χ0) is 18.3. The summed E-state index contributed by atoms with van der Waals surface area (Å²) in [5.41, 5.74) is 3.85. The van der Waals surface area contributed by atoms with Gasteiger partial charge in [-0.05, 0) is 49.4 Å².